The lowest BCUT2D eigenvalue weighted by Gasteiger charge is -2.37. The third-order valence-corrected chi connectivity index (χ3v) is 6.59. The Labute approximate surface area is 134 Å². The zero-order valence-corrected chi connectivity index (χ0v) is 13.8. The van der Waals surface area contributed by atoms with E-state index in [2.05, 4.69) is 15.1 Å². The van der Waals surface area contributed by atoms with Crippen LogP contribution in [0.15, 0.2) is 0 Å². The average molecular weight is 305 g/mol. The van der Waals surface area contributed by atoms with Gasteiger partial charge in [-0.05, 0) is 64.0 Å². The molecule has 4 heteroatoms. The maximum absolute atomic E-state index is 12.8. The summed E-state index contributed by atoms with van der Waals surface area (Å²) in [6.07, 6.45) is 11.5. The van der Waals surface area contributed by atoms with E-state index in [1.807, 2.05) is 0 Å². The van der Waals surface area contributed by atoms with Gasteiger partial charge in [-0.3, -0.25) is 4.79 Å². The van der Waals surface area contributed by atoms with Gasteiger partial charge in [0, 0.05) is 25.2 Å². The van der Waals surface area contributed by atoms with Crippen LogP contribution in [0.2, 0.25) is 0 Å². The number of nitrogens with one attached hydrogen (secondary N) is 1. The van der Waals surface area contributed by atoms with Gasteiger partial charge in [-0.15, -0.1) is 0 Å². The Kier molecular flexibility index (Phi) is 4.40. The fourth-order valence-electron chi connectivity index (χ4n) is 5.29. The largest absolute Gasteiger partial charge is 0.341 e. The van der Waals surface area contributed by atoms with Gasteiger partial charge in [0.1, 0.15) is 0 Å². The van der Waals surface area contributed by atoms with Crippen LogP contribution in [-0.2, 0) is 4.79 Å². The molecule has 4 rings (SSSR count). The fourth-order valence-corrected chi connectivity index (χ4v) is 5.29. The van der Waals surface area contributed by atoms with Crippen LogP contribution < -0.4 is 5.32 Å². The molecule has 0 aromatic heterocycles. The predicted octanol–water partition coefficient (Wildman–Crippen LogP) is 1.99. The molecule has 1 amide bonds. The molecule has 3 heterocycles. The molecule has 4 fully saturated rings. The van der Waals surface area contributed by atoms with Crippen molar-refractivity contribution in [1.82, 2.24) is 15.1 Å². The van der Waals surface area contributed by atoms with Gasteiger partial charge in [0.2, 0.25) is 5.91 Å². The minimum Gasteiger partial charge on any atom is -0.341 e. The molecule has 1 aliphatic carbocycles. The van der Waals surface area contributed by atoms with E-state index in [9.17, 15) is 4.79 Å². The summed E-state index contributed by atoms with van der Waals surface area (Å²) < 4.78 is 0. The van der Waals surface area contributed by atoms with Crippen LogP contribution >= 0.6 is 0 Å². The lowest BCUT2D eigenvalue weighted by atomic mass is 9.85. The summed E-state index contributed by atoms with van der Waals surface area (Å²) in [5.41, 5.74) is 0. The molecule has 0 aromatic rings. The van der Waals surface area contributed by atoms with Gasteiger partial charge in [0.05, 0.1) is 6.04 Å². The third kappa shape index (κ3) is 2.92. The highest BCUT2D eigenvalue weighted by molar-refractivity contribution is 5.82. The first kappa shape index (κ1) is 14.9. The third-order valence-electron chi connectivity index (χ3n) is 6.59. The molecule has 124 valence electrons. The molecule has 3 saturated heterocycles. The first-order valence-electron chi connectivity index (χ1n) is 9.60. The maximum Gasteiger partial charge on any atom is 0.239 e. The normalized spacial score (nSPS) is 37.5. The van der Waals surface area contributed by atoms with Crippen molar-refractivity contribution < 1.29 is 4.79 Å². The molecule has 3 atom stereocenters. The Balaban J connectivity index is 1.29. The van der Waals surface area contributed by atoms with Gasteiger partial charge in [0.25, 0.3) is 0 Å². The average Bonchev–Trinajstić information content (AvgIpc) is 3.23. The Morgan fingerprint density at radius 1 is 0.864 bits per heavy atom. The van der Waals surface area contributed by atoms with Crippen molar-refractivity contribution >= 4 is 5.91 Å². The zero-order chi connectivity index (χ0) is 14.9. The van der Waals surface area contributed by atoms with Crippen molar-refractivity contribution in [3.8, 4) is 0 Å². The van der Waals surface area contributed by atoms with Crippen LogP contribution in [0.25, 0.3) is 0 Å². The molecule has 0 radical (unpaired) electrons. The van der Waals surface area contributed by atoms with Crippen molar-refractivity contribution in [2.45, 2.75) is 75.9 Å². The molecule has 22 heavy (non-hydrogen) atoms. The molecule has 0 aromatic carbocycles. The quantitative estimate of drug-likeness (QED) is 0.847. The van der Waals surface area contributed by atoms with Crippen molar-refractivity contribution in [3.05, 3.63) is 0 Å². The van der Waals surface area contributed by atoms with Gasteiger partial charge in [-0.1, -0.05) is 12.8 Å². The number of carbonyl (C=O) groups excluding carboxylic acids is 1. The fraction of sp³-hybridized carbons (Fsp3) is 0.944. The van der Waals surface area contributed by atoms with E-state index in [4.69, 9.17) is 0 Å². The van der Waals surface area contributed by atoms with Gasteiger partial charge in [-0.25, -0.2) is 0 Å². The Bertz CT molecular complexity index is 385. The monoisotopic (exact) mass is 305 g/mol. The minimum absolute atomic E-state index is 0.122. The van der Waals surface area contributed by atoms with E-state index in [1.54, 1.807) is 0 Å². The van der Waals surface area contributed by atoms with Crippen LogP contribution in [0.5, 0.6) is 0 Å². The summed E-state index contributed by atoms with van der Waals surface area (Å²) in [7, 11) is 0. The molecular weight excluding hydrogens is 274 g/mol. The molecule has 0 bridgehead atoms. The summed E-state index contributed by atoms with van der Waals surface area (Å²) in [6, 6.07) is 1.49. The Morgan fingerprint density at radius 3 is 2.32 bits per heavy atom. The number of rotatable bonds is 2. The number of nitrogens with zero attached hydrogens (tertiary/aromatic N) is 2. The summed E-state index contributed by atoms with van der Waals surface area (Å²) >= 11 is 0. The van der Waals surface area contributed by atoms with Crippen molar-refractivity contribution in [2.24, 2.45) is 5.92 Å². The highest BCUT2D eigenvalue weighted by atomic mass is 16.2. The first-order chi connectivity index (χ1) is 10.8. The summed E-state index contributed by atoms with van der Waals surface area (Å²) in [6.45, 7) is 4.53. The molecular formula is C18H31N3O. The highest BCUT2D eigenvalue weighted by Crippen LogP contribution is 2.34. The van der Waals surface area contributed by atoms with Crippen LogP contribution in [0, 0.1) is 5.92 Å². The lowest BCUT2D eigenvalue weighted by molar-refractivity contribution is -0.134. The van der Waals surface area contributed by atoms with E-state index < -0.39 is 0 Å². The molecule has 1 saturated carbocycles. The van der Waals surface area contributed by atoms with Crippen LogP contribution in [-0.4, -0.2) is 60.0 Å². The number of hydrogen-bond acceptors (Lipinski definition) is 3. The molecule has 4 nitrogen and oxygen atoms in total. The number of likely N-dealkylation sites (tertiary alicyclic amines) is 2. The smallest absolute Gasteiger partial charge is 0.239 e. The summed E-state index contributed by atoms with van der Waals surface area (Å²) in [4.78, 5) is 17.6. The molecule has 1 N–H and O–H groups in total. The second-order valence-electron chi connectivity index (χ2n) is 7.91. The highest BCUT2D eigenvalue weighted by Gasteiger charge is 2.40. The second kappa shape index (κ2) is 6.48. The minimum atomic E-state index is 0.122. The van der Waals surface area contributed by atoms with Crippen LogP contribution in [0.4, 0.5) is 0 Å². The number of amides is 1. The van der Waals surface area contributed by atoms with Gasteiger partial charge >= 0.3 is 0 Å². The summed E-state index contributed by atoms with van der Waals surface area (Å²) in [5, 5.41) is 3.65. The Hall–Kier alpha value is -0.610. The Morgan fingerprint density at radius 2 is 1.59 bits per heavy atom. The van der Waals surface area contributed by atoms with Gasteiger partial charge in [0.15, 0.2) is 0 Å². The first-order valence-corrected chi connectivity index (χ1v) is 9.60. The van der Waals surface area contributed by atoms with E-state index in [-0.39, 0.29) is 6.04 Å². The number of carbonyl (C=O) groups is 1. The van der Waals surface area contributed by atoms with Crippen molar-refractivity contribution in [2.75, 3.05) is 26.2 Å². The van der Waals surface area contributed by atoms with E-state index in [0.717, 1.165) is 31.5 Å². The molecule has 3 aliphatic heterocycles. The predicted molar refractivity (Wildman–Crippen MR) is 87.7 cm³/mol. The SMILES string of the molecule is O=C(C1CC2CCCCC2N1)N1CCC(N2CCCC2)CC1. The zero-order valence-electron chi connectivity index (χ0n) is 13.8. The van der Waals surface area contributed by atoms with Crippen LogP contribution in [0.3, 0.4) is 0 Å². The molecule has 4 aliphatic rings. The molecule has 3 unspecified atom stereocenters. The lowest BCUT2D eigenvalue weighted by Crippen LogP contribution is -2.51. The number of piperidine rings is 1. The van der Waals surface area contributed by atoms with E-state index in [0.29, 0.717) is 11.9 Å². The number of hydrogen-bond donors (Lipinski definition) is 1. The van der Waals surface area contributed by atoms with Gasteiger partial charge in [-0.2, -0.15) is 0 Å². The van der Waals surface area contributed by atoms with Crippen molar-refractivity contribution in [3.63, 3.8) is 0 Å². The topological polar surface area (TPSA) is 35.6 Å². The summed E-state index contributed by atoms with van der Waals surface area (Å²) in [5.74, 6) is 1.17. The number of fused-ring (bicyclic) bond motifs is 1. The van der Waals surface area contributed by atoms with Crippen molar-refractivity contribution in [1.29, 1.82) is 0 Å². The van der Waals surface area contributed by atoms with E-state index in [1.165, 1.54) is 64.5 Å². The standard InChI is InChI=1S/C18H31N3O/c22-18(17-13-14-5-1-2-6-16(14)19-17)21-11-7-15(8-12-21)20-9-3-4-10-20/h14-17,19H,1-13H2. The van der Waals surface area contributed by atoms with E-state index >= 15 is 0 Å². The second-order valence-corrected chi connectivity index (χ2v) is 7.91. The molecule has 0 spiro atoms. The maximum atomic E-state index is 12.8. The van der Waals surface area contributed by atoms with Gasteiger partial charge < -0.3 is 15.1 Å². The van der Waals surface area contributed by atoms with Crippen LogP contribution in [0.1, 0.15) is 57.8 Å².